The molecule has 1 N–H and O–H groups in total. The van der Waals surface area contributed by atoms with Gasteiger partial charge in [0.2, 0.25) is 0 Å². The van der Waals surface area contributed by atoms with Gasteiger partial charge in [-0.15, -0.1) is 0 Å². The van der Waals surface area contributed by atoms with Crippen molar-refractivity contribution in [3.05, 3.63) is 0 Å². The third-order valence-corrected chi connectivity index (χ3v) is 6.41. The van der Waals surface area contributed by atoms with Gasteiger partial charge < -0.3 is 19.7 Å². The topological polar surface area (TPSA) is 46.1 Å². The van der Waals surface area contributed by atoms with E-state index in [-0.39, 0.29) is 0 Å². The van der Waals surface area contributed by atoms with Crippen LogP contribution in [-0.2, 0) is 9.47 Å². The molecule has 156 valence electrons. The van der Waals surface area contributed by atoms with Crippen molar-refractivity contribution in [2.45, 2.75) is 83.8 Å². The first-order valence-corrected chi connectivity index (χ1v) is 11.5. The Morgan fingerprint density at radius 1 is 1.11 bits per heavy atom. The minimum Gasteiger partial charge on any atom is -0.376 e. The highest BCUT2D eigenvalue weighted by Gasteiger charge is 2.24. The molecule has 3 atom stereocenters. The molecule has 3 fully saturated rings. The summed E-state index contributed by atoms with van der Waals surface area (Å²) < 4.78 is 12.0. The number of hydrogen-bond acceptors (Lipinski definition) is 3. The van der Waals surface area contributed by atoms with E-state index >= 15 is 0 Å². The highest BCUT2D eigenvalue weighted by atomic mass is 16.5. The first-order valence-electron chi connectivity index (χ1n) is 11.5. The molecule has 0 aromatic carbocycles. The van der Waals surface area contributed by atoms with E-state index in [2.05, 4.69) is 24.1 Å². The maximum absolute atomic E-state index is 6.17. The van der Waals surface area contributed by atoms with Gasteiger partial charge in [0, 0.05) is 32.8 Å². The van der Waals surface area contributed by atoms with Gasteiger partial charge >= 0.3 is 0 Å². The van der Waals surface area contributed by atoms with Gasteiger partial charge in [-0.05, 0) is 63.7 Å². The molecule has 27 heavy (non-hydrogen) atoms. The normalized spacial score (nSPS) is 31.1. The Kier molecular flexibility index (Phi) is 8.72. The molecule has 3 unspecified atom stereocenters. The number of guanidine groups is 1. The van der Waals surface area contributed by atoms with Crippen LogP contribution in [0.3, 0.4) is 0 Å². The summed E-state index contributed by atoms with van der Waals surface area (Å²) in [7, 11) is 0. The van der Waals surface area contributed by atoms with E-state index in [0.717, 1.165) is 76.5 Å². The number of ether oxygens (including phenoxy) is 2. The molecule has 0 bridgehead atoms. The van der Waals surface area contributed by atoms with Gasteiger partial charge in [-0.3, -0.25) is 4.99 Å². The van der Waals surface area contributed by atoms with Crippen molar-refractivity contribution >= 4 is 5.96 Å². The zero-order valence-electron chi connectivity index (χ0n) is 17.6. The van der Waals surface area contributed by atoms with E-state index in [4.69, 9.17) is 14.5 Å². The van der Waals surface area contributed by atoms with Crippen LogP contribution in [0.15, 0.2) is 4.99 Å². The lowest BCUT2D eigenvalue weighted by Gasteiger charge is -2.35. The summed E-state index contributed by atoms with van der Waals surface area (Å²) in [5.74, 6) is 2.77. The summed E-state index contributed by atoms with van der Waals surface area (Å²) in [5.41, 5.74) is 0. The maximum atomic E-state index is 6.17. The second-order valence-electron chi connectivity index (χ2n) is 8.84. The van der Waals surface area contributed by atoms with Crippen LogP contribution in [0.25, 0.3) is 0 Å². The molecule has 0 spiro atoms. The summed E-state index contributed by atoms with van der Waals surface area (Å²) in [6, 6.07) is 0. The number of likely N-dealkylation sites (tertiary alicyclic amines) is 1. The summed E-state index contributed by atoms with van der Waals surface area (Å²) >= 11 is 0. The molecule has 2 saturated heterocycles. The third-order valence-electron chi connectivity index (χ3n) is 6.41. The fourth-order valence-corrected chi connectivity index (χ4v) is 4.78. The van der Waals surface area contributed by atoms with Crippen molar-refractivity contribution in [3.63, 3.8) is 0 Å². The fraction of sp³-hybridized carbons (Fsp3) is 0.955. The fourth-order valence-electron chi connectivity index (χ4n) is 4.78. The molecule has 0 amide bonds. The summed E-state index contributed by atoms with van der Waals surface area (Å²) in [5, 5.41) is 3.52. The first kappa shape index (κ1) is 20.9. The highest BCUT2D eigenvalue weighted by Crippen LogP contribution is 2.28. The van der Waals surface area contributed by atoms with Crippen LogP contribution in [-0.4, -0.2) is 62.5 Å². The number of hydrogen-bond donors (Lipinski definition) is 1. The van der Waals surface area contributed by atoms with Gasteiger partial charge in [-0.1, -0.05) is 19.8 Å². The van der Waals surface area contributed by atoms with Crippen LogP contribution in [0.5, 0.6) is 0 Å². The lowest BCUT2D eigenvalue weighted by atomic mass is 9.82. The van der Waals surface area contributed by atoms with E-state index in [9.17, 15) is 0 Å². The Morgan fingerprint density at radius 2 is 1.96 bits per heavy atom. The molecule has 0 radical (unpaired) electrons. The number of rotatable bonds is 6. The number of nitrogens with zero attached hydrogens (tertiary/aromatic N) is 2. The van der Waals surface area contributed by atoms with Crippen LogP contribution in [0.2, 0.25) is 0 Å². The Labute approximate surface area is 166 Å². The average Bonchev–Trinajstić information content (AvgIpc) is 2.71. The molecule has 2 heterocycles. The van der Waals surface area contributed by atoms with Crippen LogP contribution in [0.4, 0.5) is 0 Å². The van der Waals surface area contributed by atoms with Crippen molar-refractivity contribution in [1.29, 1.82) is 0 Å². The molecule has 3 rings (SSSR count). The molecule has 2 aliphatic heterocycles. The molecular weight excluding hydrogens is 338 g/mol. The predicted molar refractivity (Wildman–Crippen MR) is 111 cm³/mol. The van der Waals surface area contributed by atoms with E-state index in [1.54, 1.807) is 0 Å². The summed E-state index contributed by atoms with van der Waals surface area (Å²) in [6.45, 7) is 10.3. The van der Waals surface area contributed by atoms with Crippen LogP contribution in [0, 0.1) is 11.8 Å². The van der Waals surface area contributed by atoms with E-state index in [1.807, 2.05) is 0 Å². The lowest BCUT2D eigenvalue weighted by molar-refractivity contribution is -0.0721. The standard InChI is InChI=1S/C22H41N3O2/c1-3-23-22(24-16-19-8-6-7-18(2)15-19)25-12-10-20(11-13-25)27-17-21-9-4-5-14-26-21/h18-21H,3-17H2,1-2H3,(H,23,24). The highest BCUT2D eigenvalue weighted by molar-refractivity contribution is 5.80. The average molecular weight is 380 g/mol. The first-order chi connectivity index (χ1) is 13.2. The Bertz CT molecular complexity index is 443. The van der Waals surface area contributed by atoms with Gasteiger partial charge in [0.25, 0.3) is 0 Å². The van der Waals surface area contributed by atoms with Gasteiger partial charge in [0.15, 0.2) is 5.96 Å². The van der Waals surface area contributed by atoms with Crippen LogP contribution < -0.4 is 5.32 Å². The zero-order chi connectivity index (χ0) is 18.9. The van der Waals surface area contributed by atoms with Crippen molar-refractivity contribution in [1.82, 2.24) is 10.2 Å². The minimum absolute atomic E-state index is 0.327. The van der Waals surface area contributed by atoms with Gasteiger partial charge in [0.1, 0.15) is 0 Å². The van der Waals surface area contributed by atoms with Crippen molar-refractivity contribution in [2.24, 2.45) is 16.8 Å². The maximum Gasteiger partial charge on any atom is 0.193 e. The molecule has 0 aromatic rings. The molecular formula is C22H41N3O2. The minimum atomic E-state index is 0.327. The zero-order valence-corrected chi connectivity index (χ0v) is 17.6. The third kappa shape index (κ3) is 6.94. The Balaban J connectivity index is 1.41. The van der Waals surface area contributed by atoms with E-state index in [0.29, 0.717) is 12.2 Å². The van der Waals surface area contributed by atoms with Crippen molar-refractivity contribution in [3.8, 4) is 0 Å². The number of aliphatic imine (C=N–C) groups is 1. The van der Waals surface area contributed by atoms with Gasteiger partial charge in [0.05, 0.1) is 18.8 Å². The van der Waals surface area contributed by atoms with Crippen molar-refractivity contribution < 1.29 is 9.47 Å². The number of nitrogens with one attached hydrogen (secondary N) is 1. The predicted octanol–water partition coefficient (Wildman–Crippen LogP) is 3.83. The van der Waals surface area contributed by atoms with Gasteiger partial charge in [-0.25, -0.2) is 0 Å². The van der Waals surface area contributed by atoms with Crippen LogP contribution in [0.1, 0.15) is 71.6 Å². The summed E-state index contributed by atoms with van der Waals surface area (Å²) in [4.78, 5) is 7.45. The lowest BCUT2D eigenvalue weighted by Crippen LogP contribution is -2.47. The molecule has 5 heteroatoms. The second kappa shape index (κ2) is 11.3. The number of piperidine rings is 1. The van der Waals surface area contributed by atoms with Gasteiger partial charge in [-0.2, -0.15) is 0 Å². The second-order valence-corrected chi connectivity index (χ2v) is 8.84. The Hall–Kier alpha value is -0.810. The quantitative estimate of drug-likeness (QED) is 0.563. The molecule has 5 nitrogen and oxygen atoms in total. The van der Waals surface area contributed by atoms with E-state index in [1.165, 1.54) is 38.5 Å². The largest absolute Gasteiger partial charge is 0.376 e. The molecule has 0 aromatic heterocycles. The van der Waals surface area contributed by atoms with Crippen LogP contribution >= 0.6 is 0 Å². The van der Waals surface area contributed by atoms with E-state index < -0.39 is 0 Å². The monoisotopic (exact) mass is 379 g/mol. The summed E-state index contributed by atoms with van der Waals surface area (Å²) in [6.07, 6.45) is 12.0. The molecule has 1 aliphatic carbocycles. The SMILES string of the molecule is CCNC(=NCC1CCCC(C)C1)N1CCC(OCC2CCCCO2)CC1. The molecule has 3 aliphatic rings. The molecule has 1 saturated carbocycles. The van der Waals surface area contributed by atoms with Crippen molar-refractivity contribution in [2.75, 3.05) is 39.4 Å². The Morgan fingerprint density at radius 3 is 2.67 bits per heavy atom. The smallest absolute Gasteiger partial charge is 0.193 e.